The fourth-order valence-electron chi connectivity index (χ4n) is 3.82. The standard InChI is InChI=1S/C17H24S/c1-10-11(2)15-13(4)16(18-17(15)12(10)3)14-8-6-5-7-9-14/h11,14H,5-9H2,1-4H3. The summed E-state index contributed by atoms with van der Waals surface area (Å²) in [5.41, 5.74) is 6.45. The fourth-order valence-corrected chi connectivity index (χ4v) is 5.46. The van der Waals surface area contributed by atoms with Crippen LogP contribution in [0.1, 0.15) is 85.6 Å². The second-order valence-electron chi connectivity index (χ2n) is 6.20. The Morgan fingerprint density at radius 2 is 1.67 bits per heavy atom. The van der Waals surface area contributed by atoms with Gasteiger partial charge in [-0.15, -0.1) is 11.3 Å². The first kappa shape index (κ1) is 12.5. The zero-order chi connectivity index (χ0) is 12.9. The minimum atomic E-state index is 0.661. The van der Waals surface area contributed by atoms with E-state index in [2.05, 4.69) is 39.0 Å². The van der Waals surface area contributed by atoms with Crippen molar-refractivity contribution in [3.8, 4) is 0 Å². The van der Waals surface area contributed by atoms with Crippen LogP contribution in [-0.4, -0.2) is 0 Å². The molecule has 0 amide bonds. The van der Waals surface area contributed by atoms with Crippen LogP contribution in [0.15, 0.2) is 5.57 Å². The molecule has 0 radical (unpaired) electrons. The molecule has 2 aliphatic rings. The summed E-state index contributed by atoms with van der Waals surface area (Å²) in [5.74, 6) is 1.53. The van der Waals surface area contributed by atoms with Gasteiger partial charge in [0.15, 0.2) is 0 Å². The normalized spacial score (nSPS) is 24.8. The maximum absolute atomic E-state index is 2.38. The molecular weight excluding hydrogens is 236 g/mol. The predicted octanol–water partition coefficient (Wildman–Crippen LogP) is 6.01. The van der Waals surface area contributed by atoms with Gasteiger partial charge >= 0.3 is 0 Å². The Kier molecular flexibility index (Phi) is 3.13. The van der Waals surface area contributed by atoms with E-state index < -0.39 is 0 Å². The highest BCUT2D eigenvalue weighted by Gasteiger charge is 2.31. The van der Waals surface area contributed by atoms with E-state index in [1.807, 2.05) is 0 Å². The number of thiophene rings is 1. The summed E-state index contributed by atoms with van der Waals surface area (Å²) in [5, 5.41) is 0. The van der Waals surface area contributed by atoms with E-state index in [4.69, 9.17) is 0 Å². The van der Waals surface area contributed by atoms with Crippen LogP contribution >= 0.6 is 11.3 Å². The summed E-state index contributed by atoms with van der Waals surface area (Å²) >= 11 is 2.11. The number of hydrogen-bond acceptors (Lipinski definition) is 1. The van der Waals surface area contributed by atoms with E-state index in [0.717, 1.165) is 5.92 Å². The number of rotatable bonds is 1. The van der Waals surface area contributed by atoms with Crippen LogP contribution in [0.25, 0.3) is 5.57 Å². The van der Waals surface area contributed by atoms with E-state index >= 15 is 0 Å². The molecule has 1 atom stereocenters. The summed E-state index contributed by atoms with van der Waals surface area (Å²) in [6.07, 6.45) is 7.19. The van der Waals surface area contributed by atoms with Crippen LogP contribution in [0.5, 0.6) is 0 Å². The Morgan fingerprint density at radius 1 is 1.00 bits per heavy atom. The summed E-state index contributed by atoms with van der Waals surface area (Å²) in [6, 6.07) is 0. The maximum atomic E-state index is 2.38. The first-order valence-corrected chi connectivity index (χ1v) is 8.23. The Hall–Kier alpha value is -0.560. The Morgan fingerprint density at radius 3 is 2.28 bits per heavy atom. The van der Waals surface area contributed by atoms with Crippen molar-refractivity contribution in [2.75, 3.05) is 0 Å². The molecule has 1 aromatic heterocycles. The van der Waals surface area contributed by atoms with Crippen LogP contribution in [0.2, 0.25) is 0 Å². The van der Waals surface area contributed by atoms with Crippen molar-refractivity contribution in [2.24, 2.45) is 0 Å². The Labute approximate surface area is 115 Å². The zero-order valence-electron chi connectivity index (χ0n) is 12.1. The Bertz CT molecular complexity index is 498. The average Bonchev–Trinajstić information content (AvgIpc) is 2.84. The van der Waals surface area contributed by atoms with Crippen molar-refractivity contribution in [3.63, 3.8) is 0 Å². The average molecular weight is 260 g/mol. The summed E-state index contributed by atoms with van der Waals surface area (Å²) in [6.45, 7) is 9.39. The molecule has 0 aromatic carbocycles. The first-order valence-electron chi connectivity index (χ1n) is 7.42. The zero-order valence-corrected chi connectivity index (χ0v) is 12.9. The molecule has 3 rings (SSSR count). The first-order chi connectivity index (χ1) is 8.61. The lowest BCUT2D eigenvalue weighted by atomic mass is 9.85. The van der Waals surface area contributed by atoms with E-state index in [1.165, 1.54) is 32.1 Å². The van der Waals surface area contributed by atoms with Crippen molar-refractivity contribution in [1.82, 2.24) is 0 Å². The summed E-state index contributed by atoms with van der Waals surface area (Å²) in [4.78, 5) is 3.33. The van der Waals surface area contributed by atoms with Gasteiger partial charge < -0.3 is 0 Å². The number of fused-ring (bicyclic) bond motifs is 1. The van der Waals surface area contributed by atoms with Crippen LogP contribution in [0.3, 0.4) is 0 Å². The molecule has 1 saturated carbocycles. The van der Waals surface area contributed by atoms with Crippen molar-refractivity contribution in [2.45, 2.75) is 71.6 Å². The molecule has 0 nitrogen and oxygen atoms in total. The van der Waals surface area contributed by atoms with Gasteiger partial charge in [0.2, 0.25) is 0 Å². The molecule has 0 saturated heterocycles. The van der Waals surface area contributed by atoms with Gasteiger partial charge in [-0.3, -0.25) is 0 Å². The minimum Gasteiger partial charge on any atom is -0.140 e. The van der Waals surface area contributed by atoms with Crippen molar-refractivity contribution < 1.29 is 0 Å². The molecule has 1 aromatic rings. The molecule has 0 N–H and O–H groups in total. The van der Waals surface area contributed by atoms with E-state index in [1.54, 1.807) is 32.0 Å². The van der Waals surface area contributed by atoms with E-state index in [0.29, 0.717) is 5.92 Å². The van der Waals surface area contributed by atoms with E-state index in [-0.39, 0.29) is 0 Å². The second kappa shape index (κ2) is 4.52. The molecule has 1 heterocycles. The van der Waals surface area contributed by atoms with Crippen molar-refractivity contribution in [1.29, 1.82) is 0 Å². The molecule has 18 heavy (non-hydrogen) atoms. The fraction of sp³-hybridized carbons (Fsp3) is 0.647. The third kappa shape index (κ3) is 1.71. The highest BCUT2D eigenvalue weighted by Crippen LogP contribution is 2.51. The summed E-state index contributed by atoms with van der Waals surface area (Å²) in [7, 11) is 0. The van der Waals surface area contributed by atoms with Crippen LogP contribution in [0.4, 0.5) is 0 Å². The van der Waals surface area contributed by atoms with Gasteiger partial charge in [-0.1, -0.05) is 31.8 Å². The number of allylic oxidation sites excluding steroid dienone is 2. The summed E-state index contributed by atoms with van der Waals surface area (Å²) < 4.78 is 0. The van der Waals surface area contributed by atoms with E-state index in [9.17, 15) is 0 Å². The lowest BCUT2D eigenvalue weighted by molar-refractivity contribution is 0.447. The van der Waals surface area contributed by atoms with Gasteiger partial charge in [-0.05, 0) is 56.2 Å². The monoisotopic (exact) mass is 260 g/mol. The molecule has 0 spiro atoms. The van der Waals surface area contributed by atoms with Gasteiger partial charge in [-0.25, -0.2) is 0 Å². The third-order valence-electron chi connectivity index (χ3n) is 5.22. The van der Waals surface area contributed by atoms with Crippen molar-refractivity contribution in [3.05, 3.63) is 26.5 Å². The van der Waals surface area contributed by atoms with Crippen LogP contribution < -0.4 is 0 Å². The van der Waals surface area contributed by atoms with Gasteiger partial charge in [0, 0.05) is 15.7 Å². The van der Waals surface area contributed by atoms with Crippen LogP contribution in [0, 0.1) is 6.92 Å². The lowest BCUT2D eigenvalue weighted by Gasteiger charge is -2.22. The van der Waals surface area contributed by atoms with Gasteiger partial charge in [0.05, 0.1) is 0 Å². The SMILES string of the molecule is CC1=C(C)C(C)c2c1sc(C1CCCCC1)c2C. The quantitative estimate of drug-likeness (QED) is 0.579. The number of hydrogen-bond donors (Lipinski definition) is 0. The van der Waals surface area contributed by atoms with Crippen LogP contribution in [-0.2, 0) is 0 Å². The molecule has 1 unspecified atom stereocenters. The molecule has 98 valence electrons. The predicted molar refractivity (Wildman–Crippen MR) is 81.6 cm³/mol. The molecule has 0 bridgehead atoms. The highest BCUT2D eigenvalue weighted by atomic mass is 32.1. The Balaban J connectivity index is 2.02. The molecular formula is C17H24S. The minimum absolute atomic E-state index is 0.661. The highest BCUT2D eigenvalue weighted by molar-refractivity contribution is 7.13. The largest absolute Gasteiger partial charge is 0.140 e. The molecule has 2 aliphatic carbocycles. The molecule has 0 aliphatic heterocycles. The second-order valence-corrected chi connectivity index (χ2v) is 7.25. The molecule has 1 heteroatoms. The topological polar surface area (TPSA) is 0 Å². The lowest BCUT2D eigenvalue weighted by Crippen LogP contribution is -2.04. The smallest absolute Gasteiger partial charge is 0.0342 e. The van der Waals surface area contributed by atoms with Gasteiger partial charge in [0.1, 0.15) is 0 Å². The van der Waals surface area contributed by atoms with Gasteiger partial charge in [-0.2, -0.15) is 0 Å². The molecule has 1 fully saturated rings. The van der Waals surface area contributed by atoms with Gasteiger partial charge in [0.25, 0.3) is 0 Å². The van der Waals surface area contributed by atoms with Crippen molar-refractivity contribution >= 4 is 16.9 Å². The third-order valence-corrected chi connectivity index (χ3v) is 6.81. The maximum Gasteiger partial charge on any atom is 0.0342 e.